The topological polar surface area (TPSA) is 76.2 Å². The number of methoxy groups -OCH3 is 1. The number of aryl methyl sites for hydroxylation is 1. The summed E-state index contributed by atoms with van der Waals surface area (Å²) in [7, 11) is 1.32. The minimum Gasteiger partial charge on any atom is -0.465 e. The molecule has 0 radical (unpaired) electrons. The van der Waals surface area contributed by atoms with E-state index in [0.29, 0.717) is 11.3 Å². The summed E-state index contributed by atoms with van der Waals surface area (Å²) < 4.78 is 4.78. The lowest BCUT2D eigenvalue weighted by Crippen LogP contribution is -2.37. The van der Waals surface area contributed by atoms with Crippen molar-refractivity contribution in [3.05, 3.63) is 95.6 Å². The third-order valence-corrected chi connectivity index (χ3v) is 6.09. The zero-order chi connectivity index (χ0) is 23.1. The van der Waals surface area contributed by atoms with Crippen molar-refractivity contribution in [2.45, 2.75) is 19.1 Å². The standard InChI is InChI=1S/C26H22N2O5/c1-16-8-14-19(15-9-16)27-24(29)21-22(17-10-12-18(13-11-17)26(31)32-2)28(33-23(21)25(27)30)20-6-4-3-5-7-20/h3-15,21-23H,1-2H3. The van der Waals surface area contributed by atoms with Gasteiger partial charge in [0, 0.05) is 0 Å². The molecule has 7 heteroatoms. The van der Waals surface area contributed by atoms with Crippen molar-refractivity contribution in [2.75, 3.05) is 17.1 Å². The number of nitrogens with zero attached hydrogens (tertiary/aromatic N) is 2. The second-order valence-electron chi connectivity index (χ2n) is 8.12. The van der Waals surface area contributed by atoms with Crippen LogP contribution in [0.15, 0.2) is 78.9 Å². The molecule has 33 heavy (non-hydrogen) atoms. The van der Waals surface area contributed by atoms with Crippen LogP contribution < -0.4 is 9.96 Å². The third kappa shape index (κ3) is 3.47. The summed E-state index contributed by atoms with van der Waals surface area (Å²) >= 11 is 0. The van der Waals surface area contributed by atoms with Crippen molar-refractivity contribution >= 4 is 29.2 Å². The fourth-order valence-electron chi connectivity index (χ4n) is 4.43. The van der Waals surface area contributed by atoms with E-state index in [1.807, 2.05) is 49.4 Å². The summed E-state index contributed by atoms with van der Waals surface area (Å²) in [6, 6.07) is 22.9. The molecule has 3 atom stereocenters. The van der Waals surface area contributed by atoms with Gasteiger partial charge in [0.1, 0.15) is 5.92 Å². The molecule has 3 aromatic rings. The highest BCUT2D eigenvalue weighted by Gasteiger charge is 2.60. The van der Waals surface area contributed by atoms with E-state index < -0.39 is 24.0 Å². The first-order chi connectivity index (χ1) is 16.0. The quantitative estimate of drug-likeness (QED) is 0.452. The van der Waals surface area contributed by atoms with Gasteiger partial charge >= 0.3 is 5.97 Å². The molecule has 2 aliphatic rings. The van der Waals surface area contributed by atoms with Gasteiger partial charge in [-0.3, -0.25) is 14.4 Å². The number of anilines is 2. The van der Waals surface area contributed by atoms with Crippen molar-refractivity contribution < 1.29 is 24.0 Å². The molecule has 2 heterocycles. The molecule has 2 saturated heterocycles. The maximum absolute atomic E-state index is 13.6. The number of imide groups is 1. The molecule has 3 unspecified atom stereocenters. The van der Waals surface area contributed by atoms with E-state index in [9.17, 15) is 14.4 Å². The summed E-state index contributed by atoms with van der Waals surface area (Å²) in [5.41, 5.74) is 3.45. The molecule has 166 valence electrons. The van der Waals surface area contributed by atoms with Gasteiger partial charge in [0.25, 0.3) is 5.91 Å². The number of hydrogen-bond donors (Lipinski definition) is 0. The molecule has 0 aliphatic carbocycles. The fourth-order valence-corrected chi connectivity index (χ4v) is 4.43. The first kappa shape index (κ1) is 20.9. The van der Waals surface area contributed by atoms with E-state index in [1.165, 1.54) is 12.0 Å². The number of ether oxygens (including phenoxy) is 1. The number of fused-ring (bicyclic) bond motifs is 1. The first-order valence-corrected chi connectivity index (χ1v) is 10.6. The van der Waals surface area contributed by atoms with E-state index in [0.717, 1.165) is 16.8 Å². The molecule has 0 spiro atoms. The van der Waals surface area contributed by atoms with Crippen LogP contribution in [0.1, 0.15) is 27.5 Å². The molecule has 3 aromatic carbocycles. The second kappa shape index (κ2) is 8.18. The van der Waals surface area contributed by atoms with E-state index in [1.54, 1.807) is 41.5 Å². The van der Waals surface area contributed by atoms with Gasteiger partial charge in [0.15, 0.2) is 6.10 Å². The minimum atomic E-state index is -0.940. The number of hydrogen-bond acceptors (Lipinski definition) is 6. The monoisotopic (exact) mass is 442 g/mol. The maximum atomic E-state index is 13.6. The van der Waals surface area contributed by atoms with Crippen LogP contribution in [0.5, 0.6) is 0 Å². The summed E-state index contributed by atoms with van der Waals surface area (Å²) in [6.45, 7) is 1.95. The Morgan fingerprint density at radius 1 is 0.848 bits per heavy atom. The van der Waals surface area contributed by atoms with Crippen molar-refractivity contribution in [2.24, 2.45) is 5.92 Å². The Labute approximate surface area is 191 Å². The molecule has 2 aliphatic heterocycles. The van der Waals surface area contributed by atoms with Crippen LogP contribution in [0.4, 0.5) is 11.4 Å². The molecule has 2 fully saturated rings. The van der Waals surface area contributed by atoms with Gasteiger partial charge < -0.3 is 4.74 Å². The van der Waals surface area contributed by atoms with Gasteiger partial charge in [-0.1, -0.05) is 48.0 Å². The van der Waals surface area contributed by atoms with E-state index in [-0.39, 0.29) is 11.8 Å². The summed E-state index contributed by atoms with van der Waals surface area (Å²) in [6.07, 6.45) is -0.940. The van der Waals surface area contributed by atoms with Crippen LogP contribution in [0.25, 0.3) is 0 Å². The fraction of sp³-hybridized carbons (Fsp3) is 0.192. The molecule has 7 nitrogen and oxygen atoms in total. The van der Waals surface area contributed by atoms with Gasteiger partial charge in [-0.2, -0.15) is 0 Å². The van der Waals surface area contributed by atoms with Crippen LogP contribution in [-0.2, 0) is 19.2 Å². The molecule has 0 bridgehead atoms. The van der Waals surface area contributed by atoms with Crippen molar-refractivity contribution in [1.29, 1.82) is 0 Å². The Morgan fingerprint density at radius 3 is 2.15 bits per heavy atom. The van der Waals surface area contributed by atoms with Gasteiger partial charge in [0.2, 0.25) is 5.91 Å². The molecular weight excluding hydrogens is 420 g/mol. The Bertz CT molecular complexity index is 1210. The molecule has 2 amide bonds. The molecule has 5 rings (SSSR count). The van der Waals surface area contributed by atoms with Crippen molar-refractivity contribution in [3.63, 3.8) is 0 Å². The number of carbonyl (C=O) groups excluding carboxylic acids is 3. The molecule has 0 saturated carbocycles. The lowest BCUT2D eigenvalue weighted by atomic mass is 9.90. The highest BCUT2D eigenvalue weighted by atomic mass is 16.7. The highest BCUT2D eigenvalue weighted by molar-refractivity contribution is 6.23. The lowest BCUT2D eigenvalue weighted by Gasteiger charge is -2.28. The van der Waals surface area contributed by atoms with Crippen LogP contribution in [0.3, 0.4) is 0 Å². The van der Waals surface area contributed by atoms with Crippen molar-refractivity contribution in [3.8, 4) is 0 Å². The zero-order valence-electron chi connectivity index (χ0n) is 18.2. The van der Waals surface area contributed by atoms with Crippen LogP contribution in [0.2, 0.25) is 0 Å². The number of esters is 1. The average Bonchev–Trinajstić information content (AvgIpc) is 3.36. The van der Waals surface area contributed by atoms with Crippen LogP contribution >= 0.6 is 0 Å². The number of rotatable bonds is 4. The molecule has 0 N–H and O–H groups in total. The Kier molecular flexibility index (Phi) is 5.18. The average molecular weight is 442 g/mol. The Hall–Kier alpha value is -3.97. The summed E-state index contributed by atoms with van der Waals surface area (Å²) in [5.74, 6) is -1.87. The SMILES string of the molecule is COC(=O)c1ccc(C2C3C(=O)N(c4ccc(C)cc4)C(=O)C3ON2c2ccccc2)cc1. The van der Waals surface area contributed by atoms with Crippen LogP contribution in [0, 0.1) is 12.8 Å². The van der Waals surface area contributed by atoms with Gasteiger partial charge in [-0.05, 0) is 48.9 Å². The zero-order valence-corrected chi connectivity index (χ0v) is 18.2. The number of amides is 2. The van der Waals surface area contributed by atoms with Crippen molar-refractivity contribution in [1.82, 2.24) is 0 Å². The number of benzene rings is 3. The van der Waals surface area contributed by atoms with Gasteiger partial charge in [-0.15, -0.1) is 0 Å². The van der Waals surface area contributed by atoms with Gasteiger partial charge in [-0.25, -0.2) is 14.8 Å². The first-order valence-electron chi connectivity index (χ1n) is 10.6. The lowest BCUT2D eigenvalue weighted by molar-refractivity contribution is -0.126. The summed E-state index contributed by atoms with van der Waals surface area (Å²) in [5, 5.41) is 1.63. The molecule has 0 aromatic heterocycles. The minimum absolute atomic E-state index is 0.311. The predicted molar refractivity (Wildman–Crippen MR) is 121 cm³/mol. The summed E-state index contributed by atoms with van der Waals surface area (Å²) in [4.78, 5) is 46.1. The number of carbonyl (C=O) groups is 3. The predicted octanol–water partition coefficient (Wildman–Crippen LogP) is 3.83. The Morgan fingerprint density at radius 2 is 1.52 bits per heavy atom. The number of hydroxylamine groups is 1. The normalized spacial score (nSPS) is 21.9. The van der Waals surface area contributed by atoms with E-state index in [2.05, 4.69) is 0 Å². The molecular formula is C26H22N2O5. The largest absolute Gasteiger partial charge is 0.465 e. The second-order valence-corrected chi connectivity index (χ2v) is 8.12. The van der Waals surface area contributed by atoms with E-state index in [4.69, 9.17) is 9.57 Å². The van der Waals surface area contributed by atoms with E-state index >= 15 is 0 Å². The maximum Gasteiger partial charge on any atom is 0.337 e. The van der Waals surface area contributed by atoms with Gasteiger partial charge in [0.05, 0.1) is 30.1 Å². The smallest absolute Gasteiger partial charge is 0.337 e. The van der Waals surface area contributed by atoms with Crippen LogP contribution in [-0.4, -0.2) is 31.0 Å². The number of para-hydroxylation sites is 1. The Balaban J connectivity index is 1.56. The third-order valence-electron chi connectivity index (χ3n) is 6.09. The highest BCUT2D eigenvalue weighted by Crippen LogP contribution is 2.47.